The van der Waals surface area contributed by atoms with Gasteiger partial charge in [0, 0.05) is 6.54 Å². The van der Waals surface area contributed by atoms with Crippen LogP contribution in [-0.2, 0) is 4.74 Å². The zero-order valence-electron chi connectivity index (χ0n) is 8.28. The van der Waals surface area contributed by atoms with E-state index in [0.29, 0.717) is 13.2 Å². The number of rotatable bonds is 4. The maximum absolute atomic E-state index is 11.3. The third kappa shape index (κ3) is 2.74. The molecule has 78 valence electrons. The quantitative estimate of drug-likeness (QED) is 0.649. The summed E-state index contributed by atoms with van der Waals surface area (Å²) in [5, 5.41) is 0. The molecule has 6 heteroatoms. The van der Waals surface area contributed by atoms with Gasteiger partial charge in [0.1, 0.15) is 6.61 Å². The molecule has 0 spiro atoms. The molecule has 0 aliphatic heterocycles. The number of hydrogen-bond acceptors (Lipinski definition) is 5. The molecular weight excluding hydrogens is 184 g/mol. The van der Waals surface area contributed by atoms with E-state index < -0.39 is 5.97 Å². The Balaban J connectivity index is 2.40. The molecule has 3 N–H and O–H groups in total. The molecule has 6 nitrogen and oxygen atoms in total. The first kappa shape index (κ1) is 10.5. The summed E-state index contributed by atoms with van der Waals surface area (Å²) in [6.45, 7) is 1.02. The van der Waals surface area contributed by atoms with Gasteiger partial charge in [-0.15, -0.1) is 0 Å². The van der Waals surface area contributed by atoms with Crippen molar-refractivity contribution in [1.29, 1.82) is 0 Å². The molecule has 0 unspecified atom stereocenters. The Morgan fingerprint density at radius 1 is 1.71 bits per heavy atom. The molecule has 0 amide bonds. The van der Waals surface area contributed by atoms with Crippen molar-refractivity contribution < 1.29 is 9.53 Å². The fourth-order valence-electron chi connectivity index (χ4n) is 0.861. The van der Waals surface area contributed by atoms with E-state index in [1.807, 2.05) is 19.0 Å². The number of nitrogens with zero attached hydrogens (tertiary/aromatic N) is 2. The fourth-order valence-corrected chi connectivity index (χ4v) is 0.861. The average Bonchev–Trinajstić information content (AvgIpc) is 2.50. The van der Waals surface area contributed by atoms with E-state index >= 15 is 0 Å². The highest BCUT2D eigenvalue weighted by Crippen LogP contribution is 2.05. The summed E-state index contributed by atoms with van der Waals surface area (Å²) in [4.78, 5) is 19.5. The van der Waals surface area contributed by atoms with E-state index in [1.165, 1.54) is 6.33 Å². The Morgan fingerprint density at radius 3 is 2.93 bits per heavy atom. The van der Waals surface area contributed by atoms with Crippen molar-refractivity contribution in [3.05, 3.63) is 12.0 Å². The second-order valence-corrected chi connectivity index (χ2v) is 3.10. The van der Waals surface area contributed by atoms with Crippen molar-refractivity contribution in [2.45, 2.75) is 0 Å². The van der Waals surface area contributed by atoms with E-state index in [9.17, 15) is 4.79 Å². The van der Waals surface area contributed by atoms with Crippen LogP contribution in [0.1, 0.15) is 10.5 Å². The van der Waals surface area contributed by atoms with Crippen LogP contribution in [0.5, 0.6) is 0 Å². The number of nitrogens with one attached hydrogen (secondary N) is 1. The molecule has 0 bridgehead atoms. The number of nitrogens with two attached hydrogens (primary N) is 1. The smallest absolute Gasteiger partial charge is 0.358 e. The number of ether oxygens (including phenoxy) is 1. The van der Waals surface area contributed by atoms with Crippen LogP contribution in [0, 0.1) is 0 Å². The van der Waals surface area contributed by atoms with Gasteiger partial charge >= 0.3 is 5.97 Å². The standard InChI is InChI=1S/C8H14N4O2/c1-12(2)3-4-14-8(13)6-7(9)11-5-10-6/h5H,3-4,9H2,1-2H3,(H,10,11). The first-order valence-corrected chi connectivity index (χ1v) is 4.22. The molecule has 1 aromatic heterocycles. The number of carbonyl (C=O) groups is 1. The molecule has 1 aromatic rings. The molecule has 0 atom stereocenters. The normalized spacial score (nSPS) is 10.5. The van der Waals surface area contributed by atoms with E-state index in [-0.39, 0.29) is 11.5 Å². The van der Waals surface area contributed by atoms with Crippen LogP contribution in [0.15, 0.2) is 6.33 Å². The van der Waals surface area contributed by atoms with Crippen molar-refractivity contribution >= 4 is 11.8 Å². The van der Waals surface area contributed by atoms with Crippen molar-refractivity contribution in [3.8, 4) is 0 Å². The topological polar surface area (TPSA) is 84.2 Å². The highest BCUT2D eigenvalue weighted by atomic mass is 16.5. The van der Waals surface area contributed by atoms with Gasteiger partial charge in [-0.1, -0.05) is 0 Å². The van der Waals surface area contributed by atoms with Crippen LogP contribution in [0.25, 0.3) is 0 Å². The van der Waals surface area contributed by atoms with Gasteiger partial charge in [0.05, 0.1) is 6.33 Å². The van der Waals surface area contributed by atoms with Crippen molar-refractivity contribution in [3.63, 3.8) is 0 Å². The maximum Gasteiger partial charge on any atom is 0.358 e. The predicted molar refractivity (Wildman–Crippen MR) is 51.8 cm³/mol. The zero-order chi connectivity index (χ0) is 10.6. The van der Waals surface area contributed by atoms with Gasteiger partial charge in [-0.2, -0.15) is 0 Å². The lowest BCUT2D eigenvalue weighted by molar-refractivity contribution is 0.0477. The highest BCUT2D eigenvalue weighted by Gasteiger charge is 2.12. The lowest BCUT2D eigenvalue weighted by Crippen LogP contribution is -2.20. The number of H-pyrrole nitrogens is 1. The van der Waals surface area contributed by atoms with E-state index in [2.05, 4.69) is 9.97 Å². The van der Waals surface area contributed by atoms with Gasteiger partial charge in [-0.3, -0.25) is 0 Å². The van der Waals surface area contributed by atoms with Crippen LogP contribution >= 0.6 is 0 Å². The first-order chi connectivity index (χ1) is 6.61. The van der Waals surface area contributed by atoms with Crippen LogP contribution < -0.4 is 5.73 Å². The molecular formula is C8H14N4O2. The number of aromatic nitrogens is 2. The molecule has 0 radical (unpaired) electrons. The van der Waals surface area contributed by atoms with Crippen molar-refractivity contribution in [2.75, 3.05) is 33.0 Å². The summed E-state index contributed by atoms with van der Waals surface area (Å²) in [7, 11) is 3.80. The summed E-state index contributed by atoms with van der Waals surface area (Å²) < 4.78 is 4.95. The number of imidazole rings is 1. The van der Waals surface area contributed by atoms with Crippen molar-refractivity contribution in [2.24, 2.45) is 0 Å². The molecule has 0 saturated heterocycles. The Kier molecular flexibility index (Phi) is 3.47. The Morgan fingerprint density at radius 2 is 2.43 bits per heavy atom. The van der Waals surface area contributed by atoms with Gasteiger partial charge < -0.3 is 20.4 Å². The van der Waals surface area contributed by atoms with E-state index in [4.69, 9.17) is 10.5 Å². The molecule has 0 fully saturated rings. The van der Waals surface area contributed by atoms with E-state index in [1.54, 1.807) is 0 Å². The van der Waals surface area contributed by atoms with E-state index in [0.717, 1.165) is 0 Å². The van der Waals surface area contributed by atoms with Crippen LogP contribution in [0.2, 0.25) is 0 Å². The summed E-state index contributed by atoms with van der Waals surface area (Å²) in [6, 6.07) is 0. The Labute approximate surface area is 82.1 Å². The number of hydrogen-bond donors (Lipinski definition) is 2. The minimum Gasteiger partial charge on any atom is -0.460 e. The summed E-state index contributed by atoms with van der Waals surface area (Å²) in [6.07, 6.45) is 1.36. The van der Waals surface area contributed by atoms with Crippen LogP contribution in [-0.4, -0.2) is 48.1 Å². The molecule has 1 rings (SSSR count). The molecule has 0 aromatic carbocycles. The Bertz CT molecular complexity index is 308. The number of aromatic amines is 1. The second kappa shape index (κ2) is 4.61. The predicted octanol–water partition coefficient (Wildman–Crippen LogP) is -0.290. The maximum atomic E-state index is 11.3. The van der Waals surface area contributed by atoms with Crippen molar-refractivity contribution in [1.82, 2.24) is 14.9 Å². The second-order valence-electron chi connectivity index (χ2n) is 3.10. The molecule has 14 heavy (non-hydrogen) atoms. The lowest BCUT2D eigenvalue weighted by atomic mass is 10.4. The minimum atomic E-state index is -0.471. The number of carbonyl (C=O) groups excluding carboxylic acids is 1. The van der Waals surface area contributed by atoms with Gasteiger partial charge in [0.15, 0.2) is 11.5 Å². The average molecular weight is 198 g/mol. The summed E-state index contributed by atoms with van der Waals surface area (Å²) >= 11 is 0. The van der Waals surface area contributed by atoms with Gasteiger partial charge in [-0.25, -0.2) is 9.78 Å². The number of anilines is 1. The minimum absolute atomic E-state index is 0.167. The van der Waals surface area contributed by atoms with Gasteiger partial charge in [0.25, 0.3) is 0 Å². The Hall–Kier alpha value is -1.56. The summed E-state index contributed by atoms with van der Waals surface area (Å²) in [5.41, 5.74) is 5.63. The zero-order valence-corrected chi connectivity index (χ0v) is 8.28. The number of likely N-dealkylation sites (N-methyl/N-ethyl adjacent to an activating group) is 1. The fraction of sp³-hybridized carbons (Fsp3) is 0.500. The van der Waals surface area contributed by atoms with Gasteiger partial charge in [0.2, 0.25) is 0 Å². The first-order valence-electron chi connectivity index (χ1n) is 4.22. The monoisotopic (exact) mass is 198 g/mol. The lowest BCUT2D eigenvalue weighted by Gasteiger charge is -2.09. The SMILES string of the molecule is CN(C)CCOC(=O)c1[nH]cnc1N. The summed E-state index contributed by atoms with van der Waals surface area (Å²) in [5.74, 6) is -0.304. The molecule has 0 aliphatic carbocycles. The van der Waals surface area contributed by atoms with Crippen LogP contribution in [0.3, 0.4) is 0 Å². The van der Waals surface area contributed by atoms with Gasteiger partial charge in [-0.05, 0) is 14.1 Å². The molecule has 0 saturated carbocycles. The third-order valence-corrected chi connectivity index (χ3v) is 1.64. The molecule has 0 aliphatic rings. The third-order valence-electron chi connectivity index (χ3n) is 1.64. The number of nitrogen functional groups attached to an aromatic ring is 1. The highest BCUT2D eigenvalue weighted by molar-refractivity contribution is 5.91. The van der Waals surface area contributed by atoms with Crippen LogP contribution in [0.4, 0.5) is 5.82 Å². The largest absolute Gasteiger partial charge is 0.460 e. The number of esters is 1. The molecule has 1 heterocycles.